The average Bonchev–Trinajstić information content (AvgIpc) is 2.46. The van der Waals surface area contributed by atoms with Crippen LogP contribution in [0.15, 0.2) is 48.5 Å². The molecule has 2 aromatic rings. The molecule has 0 spiro atoms. The molecule has 0 aliphatic carbocycles. The molecule has 2 N–H and O–H groups in total. The molecule has 20 heavy (non-hydrogen) atoms. The Morgan fingerprint density at radius 3 is 2.55 bits per heavy atom. The molecular weight excluding hydrogens is 256 g/mol. The number of ether oxygens (including phenoxy) is 1. The molecule has 0 aromatic heterocycles. The fourth-order valence-electron chi connectivity index (χ4n) is 1.89. The molecule has 0 saturated heterocycles. The number of nitro groups is 1. The SMILES string of the molecule is Cc1cc([N+](=O)[O-])ccc1OCC(N)c1ccccc1. The number of hydrogen-bond donors (Lipinski definition) is 1. The van der Waals surface area contributed by atoms with E-state index in [9.17, 15) is 10.1 Å². The van der Waals surface area contributed by atoms with Gasteiger partial charge < -0.3 is 10.5 Å². The Kier molecular flexibility index (Phi) is 4.32. The number of aryl methyl sites for hydroxylation is 1. The van der Waals surface area contributed by atoms with Gasteiger partial charge in [-0.25, -0.2) is 0 Å². The lowest BCUT2D eigenvalue weighted by atomic mass is 10.1. The van der Waals surface area contributed by atoms with Crippen LogP contribution in [-0.4, -0.2) is 11.5 Å². The summed E-state index contributed by atoms with van der Waals surface area (Å²) in [6, 6.07) is 13.9. The van der Waals surface area contributed by atoms with Crippen LogP contribution < -0.4 is 10.5 Å². The first-order valence-corrected chi connectivity index (χ1v) is 6.26. The van der Waals surface area contributed by atoms with Gasteiger partial charge in [-0.05, 0) is 24.1 Å². The summed E-state index contributed by atoms with van der Waals surface area (Å²) in [4.78, 5) is 10.2. The van der Waals surface area contributed by atoms with Gasteiger partial charge in [0.2, 0.25) is 0 Å². The monoisotopic (exact) mass is 272 g/mol. The zero-order chi connectivity index (χ0) is 14.5. The van der Waals surface area contributed by atoms with Crippen molar-refractivity contribution in [2.75, 3.05) is 6.61 Å². The highest BCUT2D eigenvalue weighted by molar-refractivity contribution is 5.43. The van der Waals surface area contributed by atoms with E-state index in [1.165, 1.54) is 12.1 Å². The smallest absolute Gasteiger partial charge is 0.269 e. The Morgan fingerprint density at radius 1 is 1.25 bits per heavy atom. The fraction of sp³-hybridized carbons (Fsp3) is 0.200. The molecule has 2 rings (SSSR count). The molecule has 5 heteroatoms. The predicted octanol–water partition coefficient (Wildman–Crippen LogP) is 2.98. The van der Waals surface area contributed by atoms with Crippen LogP contribution in [0.1, 0.15) is 17.2 Å². The summed E-state index contributed by atoms with van der Waals surface area (Å²) in [6.07, 6.45) is 0. The maximum Gasteiger partial charge on any atom is 0.269 e. The third-order valence-corrected chi connectivity index (χ3v) is 3.02. The second-order valence-electron chi connectivity index (χ2n) is 4.54. The highest BCUT2D eigenvalue weighted by Gasteiger charge is 2.11. The average molecular weight is 272 g/mol. The molecule has 0 radical (unpaired) electrons. The molecule has 0 bridgehead atoms. The number of benzene rings is 2. The van der Waals surface area contributed by atoms with Gasteiger partial charge in [-0.1, -0.05) is 30.3 Å². The van der Waals surface area contributed by atoms with E-state index in [2.05, 4.69) is 0 Å². The van der Waals surface area contributed by atoms with E-state index in [-0.39, 0.29) is 11.7 Å². The van der Waals surface area contributed by atoms with Gasteiger partial charge in [0.15, 0.2) is 0 Å². The molecule has 2 aromatic carbocycles. The van der Waals surface area contributed by atoms with Crippen LogP contribution in [0.4, 0.5) is 5.69 Å². The molecular formula is C15H16N2O3. The minimum atomic E-state index is -0.424. The minimum Gasteiger partial charge on any atom is -0.491 e. The van der Waals surface area contributed by atoms with Crippen LogP contribution in [0.2, 0.25) is 0 Å². The molecule has 104 valence electrons. The van der Waals surface area contributed by atoms with Gasteiger partial charge in [-0.3, -0.25) is 10.1 Å². The highest BCUT2D eigenvalue weighted by atomic mass is 16.6. The van der Waals surface area contributed by atoms with Crippen molar-refractivity contribution in [2.45, 2.75) is 13.0 Å². The molecule has 0 aliphatic rings. The van der Waals surface area contributed by atoms with Crippen molar-refractivity contribution in [2.24, 2.45) is 5.73 Å². The summed E-state index contributed by atoms with van der Waals surface area (Å²) in [5, 5.41) is 10.7. The van der Waals surface area contributed by atoms with Crippen molar-refractivity contribution in [3.05, 3.63) is 69.8 Å². The van der Waals surface area contributed by atoms with Crippen LogP contribution >= 0.6 is 0 Å². The third kappa shape index (κ3) is 3.33. The number of nitro benzene ring substituents is 1. The first-order valence-electron chi connectivity index (χ1n) is 6.26. The van der Waals surface area contributed by atoms with Crippen LogP contribution in [0.5, 0.6) is 5.75 Å². The van der Waals surface area contributed by atoms with E-state index >= 15 is 0 Å². The van der Waals surface area contributed by atoms with Crippen molar-refractivity contribution >= 4 is 5.69 Å². The van der Waals surface area contributed by atoms with Crippen LogP contribution in [-0.2, 0) is 0 Å². The zero-order valence-electron chi connectivity index (χ0n) is 11.2. The number of non-ortho nitro benzene ring substituents is 1. The summed E-state index contributed by atoms with van der Waals surface area (Å²) in [6.45, 7) is 2.10. The second kappa shape index (κ2) is 6.16. The Hall–Kier alpha value is -2.40. The van der Waals surface area contributed by atoms with Crippen molar-refractivity contribution in [3.8, 4) is 5.75 Å². The van der Waals surface area contributed by atoms with Gasteiger partial charge in [0, 0.05) is 12.1 Å². The van der Waals surface area contributed by atoms with Crippen molar-refractivity contribution in [1.29, 1.82) is 0 Å². The van der Waals surface area contributed by atoms with E-state index < -0.39 is 4.92 Å². The predicted molar refractivity (Wildman–Crippen MR) is 76.7 cm³/mol. The molecule has 1 unspecified atom stereocenters. The first kappa shape index (κ1) is 14.0. The molecule has 1 atom stereocenters. The summed E-state index contributed by atoms with van der Waals surface area (Å²) in [7, 11) is 0. The first-order chi connectivity index (χ1) is 9.58. The van der Waals surface area contributed by atoms with Crippen LogP contribution in [0.3, 0.4) is 0 Å². The van der Waals surface area contributed by atoms with Gasteiger partial charge in [0.1, 0.15) is 12.4 Å². The normalized spacial score (nSPS) is 11.9. The van der Waals surface area contributed by atoms with E-state index in [0.717, 1.165) is 11.1 Å². The van der Waals surface area contributed by atoms with Gasteiger partial charge in [-0.2, -0.15) is 0 Å². The highest BCUT2D eigenvalue weighted by Crippen LogP contribution is 2.24. The molecule has 5 nitrogen and oxygen atoms in total. The van der Waals surface area contributed by atoms with E-state index in [4.69, 9.17) is 10.5 Å². The lowest BCUT2D eigenvalue weighted by Gasteiger charge is -2.14. The van der Waals surface area contributed by atoms with Gasteiger partial charge in [-0.15, -0.1) is 0 Å². The number of nitrogens with zero attached hydrogens (tertiary/aromatic N) is 1. The molecule has 0 amide bonds. The lowest BCUT2D eigenvalue weighted by Crippen LogP contribution is -2.19. The summed E-state index contributed by atoms with van der Waals surface area (Å²) >= 11 is 0. The minimum absolute atomic E-state index is 0.0576. The number of hydrogen-bond acceptors (Lipinski definition) is 4. The standard InChI is InChI=1S/C15H16N2O3/c1-11-9-13(17(18)19)7-8-15(11)20-10-14(16)12-5-3-2-4-6-12/h2-9,14H,10,16H2,1H3. The Morgan fingerprint density at radius 2 is 1.95 bits per heavy atom. The topological polar surface area (TPSA) is 78.4 Å². The van der Waals surface area contributed by atoms with E-state index in [1.54, 1.807) is 13.0 Å². The number of nitrogens with two attached hydrogens (primary N) is 1. The summed E-state index contributed by atoms with van der Waals surface area (Å²) in [5.41, 5.74) is 7.81. The summed E-state index contributed by atoms with van der Waals surface area (Å²) < 4.78 is 5.64. The Labute approximate surface area is 117 Å². The third-order valence-electron chi connectivity index (χ3n) is 3.02. The maximum atomic E-state index is 10.7. The fourth-order valence-corrected chi connectivity index (χ4v) is 1.89. The zero-order valence-corrected chi connectivity index (χ0v) is 11.2. The Balaban J connectivity index is 2.02. The summed E-state index contributed by atoms with van der Waals surface area (Å²) in [5.74, 6) is 0.613. The number of rotatable bonds is 5. The largest absolute Gasteiger partial charge is 0.491 e. The second-order valence-corrected chi connectivity index (χ2v) is 4.54. The lowest BCUT2D eigenvalue weighted by molar-refractivity contribution is -0.384. The van der Waals surface area contributed by atoms with E-state index in [1.807, 2.05) is 30.3 Å². The van der Waals surface area contributed by atoms with E-state index in [0.29, 0.717) is 12.4 Å². The molecule has 0 aliphatic heterocycles. The molecule has 0 fully saturated rings. The Bertz CT molecular complexity index is 599. The molecule has 0 saturated carbocycles. The quantitative estimate of drug-likeness (QED) is 0.670. The van der Waals surface area contributed by atoms with Crippen LogP contribution in [0, 0.1) is 17.0 Å². The van der Waals surface area contributed by atoms with Gasteiger partial charge in [0.25, 0.3) is 5.69 Å². The maximum absolute atomic E-state index is 10.7. The van der Waals surface area contributed by atoms with Gasteiger partial charge in [0.05, 0.1) is 11.0 Å². The van der Waals surface area contributed by atoms with Crippen molar-refractivity contribution < 1.29 is 9.66 Å². The van der Waals surface area contributed by atoms with Crippen molar-refractivity contribution in [1.82, 2.24) is 0 Å². The van der Waals surface area contributed by atoms with Gasteiger partial charge >= 0.3 is 0 Å². The van der Waals surface area contributed by atoms with Crippen LogP contribution in [0.25, 0.3) is 0 Å². The molecule has 0 heterocycles. The van der Waals surface area contributed by atoms with Crippen molar-refractivity contribution in [3.63, 3.8) is 0 Å².